The van der Waals surface area contributed by atoms with Crippen LogP contribution < -0.4 is 16.0 Å². The van der Waals surface area contributed by atoms with Gasteiger partial charge in [-0.3, -0.25) is 5.41 Å². The van der Waals surface area contributed by atoms with Crippen molar-refractivity contribution in [3.8, 4) is 0 Å². The molecular weight excluding hydrogens is 390 g/mol. The molecule has 0 aliphatic carbocycles. The zero-order valence-electron chi connectivity index (χ0n) is 19.2. The molecule has 2 aromatic rings. The van der Waals surface area contributed by atoms with E-state index < -0.39 is 6.23 Å². The van der Waals surface area contributed by atoms with E-state index in [0.29, 0.717) is 17.4 Å². The van der Waals surface area contributed by atoms with Crippen LogP contribution in [-0.4, -0.2) is 53.5 Å². The zero-order valence-corrected chi connectivity index (χ0v) is 19.2. The highest BCUT2D eigenvalue weighted by atomic mass is 16.5. The number of ether oxygens (including phenoxy) is 1. The third-order valence-corrected chi connectivity index (χ3v) is 6.02. The molecule has 1 fully saturated rings. The molecule has 170 valence electrons. The molecular formula is C24H37N5O2. The van der Waals surface area contributed by atoms with Gasteiger partial charge in [-0.05, 0) is 64.7 Å². The van der Waals surface area contributed by atoms with Crippen molar-refractivity contribution in [2.45, 2.75) is 71.2 Å². The van der Waals surface area contributed by atoms with Gasteiger partial charge in [-0.2, -0.15) is 0 Å². The molecule has 1 saturated heterocycles. The number of aliphatic hydroxyl groups excluding tert-OH is 1. The summed E-state index contributed by atoms with van der Waals surface area (Å²) in [5.74, 6) is 0.829. The molecule has 5 N–H and O–H groups in total. The largest absolute Gasteiger partial charge is 0.381 e. The summed E-state index contributed by atoms with van der Waals surface area (Å²) in [5, 5.41) is 29.1. The molecule has 0 amide bonds. The van der Waals surface area contributed by atoms with Crippen molar-refractivity contribution in [1.29, 1.82) is 5.41 Å². The topological polar surface area (TPSA) is 102 Å². The maximum absolute atomic E-state index is 9.68. The van der Waals surface area contributed by atoms with Crippen LogP contribution in [0.25, 0.3) is 10.9 Å². The first-order valence-electron chi connectivity index (χ1n) is 11.3. The third-order valence-electron chi connectivity index (χ3n) is 6.02. The Morgan fingerprint density at radius 1 is 1.29 bits per heavy atom. The van der Waals surface area contributed by atoms with Crippen LogP contribution in [0.4, 0.5) is 5.82 Å². The molecule has 0 saturated carbocycles. The first-order chi connectivity index (χ1) is 14.8. The number of hydrogen-bond acceptors (Lipinski definition) is 6. The number of aryl methyl sites for hydroxylation is 1. The van der Waals surface area contributed by atoms with Gasteiger partial charge >= 0.3 is 0 Å². The number of fused-ring (bicyclic) bond motifs is 1. The minimum atomic E-state index is -0.803. The Labute approximate surface area is 185 Å². The highest BCUT2D eigenvalue weighted by Gasteiger charge is 2.29. The maximum Gasteiger partial charge on any atom is 0.137 e. The standard InChI is InChI=1S/C24H37N5O2/c1-5-19(29-24(4)9-12-31-13-10-24)8-11-26-23-20(22(25)27-17(3)30)15-18-14-16(2)6-7-21(18)28-23/h6-7,14-15,17,19,29-30H,5,8-13H2,1-4H3,(H2,25,27)(H,26,28). The molecule has 0 spiro atoms. The zero-order chi connectivity index (χ0) is 22.4. The molecule has 2 unspecified atom stereocenters. The number of nitrogens with one attached hydrogen (secondary N) is 4. The van der Waals surface area contributed by atoms with Crippen LogP contribution in [0.5, 0.6) is 0 Å². The average molecular weight is 428 g/mol. The molecule has 7 heteroatoms. The minimum absolute atomic E-state index is 0.131. The normalized spacial score (nSPS) is 17.8. The summed E-state index contributed by atoms with van der Waals surface area (Å²) < 4.78 is 5.52. The average Bonchev–Trinajstić information content (AvgIpc) is 2.72. The first kappa shape index (κ1) is 23.4. The van der Waals surface area contributed by atoms with Gasteiger partial charge in [-0.25, -0.2) is 4.98 Å². The minimum Gasteiger partial charge on any atom is -0.381 e. The van der Waals surface area contributed by atoms with Gasteiger partial charge in [0.15, 0.2) is 0 Å². The summed E-state index contributed by atoms with van der Waals surface area (Å²) in [5.41, 5.74) is 2.83. The summed E-state index contributed by atoms with van der Waals surface area (Å²) in [6.45, 7) is 10.5. The van der Waals surface area contributed by atoms with Gasteiger partial charge in [-0.1, -0.05) is 18.6 Å². The number of nitrogens with zero attached hydrogens (tertiary/aromatic N) is 1. The van der Waals surface area contributed by atoms with Crippen molar-refractivity contribution in [2.24, 2.45) is 0 Å². The monoisotopic (exact) mass is 427 g/mol. The Hall–Kier alpha value is -2.22. The Balaban J connectivity index is 1.72. The van der Waals surface area contributed by atoms with Crippen molar-refractivity contribution >= 4 is 22.6 Å². The molecule has 0 radical (unpaired) electrons. The SMILES string of the molecule is CCC(CCNc1nc2ccc(C)cc2cc1C(=N)NC(C)O)NC1(C)CCOCC1. The summed E-state index contributed by atoms with van der Waals surface area (Å²) in [7, 11) is 0. The van der Waals surface area contributed by atoms with E-state index in [2.05, 4.69) is 35.9 Å². The van der Waals surface area contributed by atoms with E-state index >= 15 is 0 Å². The van der Waals surface area contributed by atoms with Crippen LogP contribution in [0.3, 0.4) is 0 Å². The highest BCUT2D eigenvalue weighted by Crippen LogP contribution is 2.24. The van der Waals surface area contributed by atoms with Gasteiger partial charge in [0, 0.05) is 36.7 Å². The number of anilines is 1. The fourth-order valence-corrected chi connectivity index (χ4v) is 4.11. The molecule has 1 aliphatic heterocycles. The lowest BCUT2D eigenvalue weighted by molar-refractivity contribution is 0.0400. The van der Waals surface area contributed by atoms with Crippen LogP contribution in [0.1, 0.15) is 57.6 Å². The van der Waals surface area contributed by atoms with Gasteiger partial charge in [0.25, 0.3) is 0 Å². The van der Waals surface area contributed by atoms with E-state index in [1.165, 1.54) is 0 Å². The number of pyridine rings is 1. The predicted molar refractivity (Wildman–Crippen MR) is 127 cm³/mol. The predicted octanol–water partition coefficient (Wildman–Crippen LogP) is 3.54. The van der Waals surface area contributed by atoms with E-state index in [0.717, 1.165) is 61.9 Å². The highest BCUT2D eigenvalue weighted by molar-refractivity contribution is 6.03. The number of amidine groups is 1. The number of hydrogen-bond donors (Lipinski definition) is 5. The number of rotatable bonds is 9. The lowest BCUT2D eigenvalue weighted by Gasteiger charge is -2.38. The second kappa shape index (κ2) is 10.4. The van der Waals surface area contributed by atoms with Crippen molar-refractivity contribution < 1.29 is 9.84 Å². The van der Waals surface area contributed by atoms with Crippen LogP contribution in [-0.2, 0) is 4.74 Å². The second-order valence-corrected chi connectivity index (χ2v) is 8.91. The lowest BCUT2D eigenvalue weighted by atomic mass is 9.90. The summed E-state index contributed by atoms with van der Waals surface area (Å²) in [6, 6.07) is 8.49. The molecule has 0 bridgehead atoms. The van der Waals surface area contributed by atoms with Crippen molar-refractivity contribution in [2.75, 3.05) is 25.1 Å². The molecule has 1 aromatic carbocycles. The molecule has 3 rings (SSSR count). The fourth-order valence-electron chi connectivity index (χ4n) is 4.11. The second-order valence-electron chi connectivity index (χ2n) is 8.91. The summed E-state index contributed by atoms with van der Waals surface area (Å²) in [6.07, 6.45) is 3.28. The molecule has 1 aliphatic rings. The molecule has 31 heavy (non-hydrogen) atoms. The van der Waals surface area contributed by atoms with Crippen molar-refractivity contribution in [3.63, 3.8) is 0 Å². The maximum atomic E-state index is 9.68. The van der Waals surface area contributed by atoms with Crippen molar-refractivity contribution in [3.05, 3.63) is 35.4 Å². The summed E-state index contributed by atoms with van der Waals surface area (Å²) in [4.78, 5) is 4.79. The molecule has 1 aromatic heterocycles. The van der Waals surface area contributed by atoms with Gasteiger partial charge in [0.2, 0.25) is 0 Å². The van der Waals surface area contributed by atoms with E-state index in [1.807, 2.05) is 25.1 Å². The van der Waals surface area contributed by atoms with E-state index in [9.17, 15) is 5.11 Å². The van der Waals surface area contributed by atoms with Crippen LogP contribution in [0.2, 0.25) is 0 Å². The van der Waals surface area contributed by atoms with E-state index in [-0.39, 0.29) is 11.4 Å². The van der Waals surface area contributed by atoms with Crippen molar-refractivity contribution in [1.82, 2.24) is 15.6 Å². The Kier molecular flexibility index (Phi) is 7.86. The van der Waals surface area contributed by atoms with Gasteiger partial charge in [0.05, 0.1) is 11.1 Å². The molecule has 7 nitrogen and oxygen atoms in total. The number of benzene rings is 1. The fraction of sp³-hybridized carbons (Fsp3) is 0.583. The smallest absolute Gasteiger partial charge is 0.137 e. The first-order valence-corrected chi connectivity index (χ1v) is 11.3. The van der Waals surface area contributed by atoms with Crippen LogP contribution >= 0.6 is 0 Å². The Morgan fingerprint density at radius 3 is 2.71 bits per heavy atom. The third kappa shape index (κ3) is 6.38. The molecule has 2 heterocycles. The van der Waals surface area contributed by atoms with Gasteiger partial charge < -0.3 is 25.8 Å². The van der Waals surface area contributed by atoms with Crippen LogP contribution in [0.15, 0.2) is 24.3 Å². The Bertz CT molecular complexity index is 893. The van der Waals surface area contributed by atoms with Crippen LogP contribution in [0, 0.1) is 12.3 Å². The number of aromatic nitrogens is 1. The quantitative estimate of drug-likeness (QED) is 0.238. The van der Waals surface area contributed by atoms with Gasteiger partial charge in [-0.15, -0.1) is 0 Å². The molecule has 2 atom stereocenters. The lowest BCUT2D eigenvalue weighted by Crippen LogP contribution is -2.51. The van der Waals surface area contributed by atoms with E-state index in [1.54, 1.807) is 6.92 Å². The number of aliphatic hydroxyl groups is 1. The Morgan fingerprint density at radius 2 is 2.03 bits per heavy atom. The van der Waals surface area contributed by atoms with Gasteiger partial charge in [0.1, 0.15) is 17.9 Å². The summed E-state index contributed by atoms with van der Waals surface area (Å²) >= 11 is 0. The van der Waals surface area contributed by atoms with E-state index in [4.69, 9.17) is 15.1 Å².